The van der Waals surface area contributed by atoms with Gasteiger partial charge in [0.05, 0.1) is 6.04 Å². The molecule has 1 amide bonds. The number of benzene rings is 2. The zero-order valence-corrected chi connectivity index (χ0v) is 12.3. The first kappa shape index (κ1) is 15.3. The molecule has 2 nitrogen and oxygen atoms in total. The van der Waals surface area contributed by atoms with Crippen molar-refractivity contribution in [2.75, 3.05) is 0 Å². The van der Waals surface area contributed by atoms with Crippen LogP contribution in [0, 0.1) is 5.82 Å². The van der Waals surface area contributed by atoms with Crippen LogP contribution in [0.2, 0.25) is 5.02 Å². The van der Waals surface area contributed by atoms with Crippen molar-refractivity contribution in [3.63, 3.8) is 0 Å². The average molecular weight is 304 g/mol. The summed E-state index contributed by atoms with van der Waals surface area (Å²) in [6, 6.07) is 13.1. The van der Waals surface area contributed by atoms with Crippen molar-refractivity contribution in [1.29, 1.82) is 0 Å². The minimum Gasteiger partial charge on any atom is -0.346 e. The smallest absolute Gasteiger partial charge is 0.244 e. The van der Waals surface area contributed by atoms with Crippen LogP contribution in [0.5, 0.6) is 0 Å². The van der Waals surface area contributed by atoms with Crippen molar-refractivity contribution in [2.45, 2.75) is 13.0 Å². The lowest BCUT2D eigenvalue weighted by molar-refractivity contribution is -0.117. The molecular formula is C17H15ClFNO. The number of hydrogen-bond donors (Lipinski definition) is 1. The highest BCUT2D eigenvalue weighted by atomic mass is 35.5. The van der Waals surface area contributed by atoms with Crippen LogP contribution < -0.4 is 5.32 Å². The lowest BCUT2D eigenvalue weighted by atomic mass is 10.1. The van der Waals surface area contributed by atoms with Gasteiger partial charge >= 0.3 is 0 Å². The number of halogens is 2. The Labute approximate surface area is 128 Å². The molecule has 0 saturated carbocycles. The fourth-order valence-corrected chi connectivity index (χ4v) is 2.07. The van der Waals surface area contributed by atoms with Crippen LogP contribution in [0.1, 0.15) is 24.1 Å². The number of carbonyl (C=O) groups excluding carboxylic acids is 1. The van der Waals surface area contributed by atoms with Gasteiger partial charge in [0.15, 0.2) is 0 Å². The van der Waals surface area contributed by atoms with Crippen LogP contribution in [0.15, 0.2) is 54.6 Å². The molecule has 0 aliphatic carbocycles. The fraction of sp³-hybridized carbons (Fsp3) is 0.118. The van der Waals surface area contributed by atoms with Crippen LogP contribution in [0.3, 0.4) is 0 Å². The third-order valence-electron chi connectivity index (χ3n) is 3.05. The van der Waals surface area contributed by atoms with Crippen molar-refractivity contribution in [3.05, 3.63) is 76.6 Å². The van der Waals surface area contributed by atoms with Crippen molar-refractivity contribution in [1.82, 2.24) is 5.32 Å². The molecule has 0 spiro atoms. The third kappa shape index (κ3) is 4.43. The second-order valence-electron chi connectivity index (χ2n) is 4.64. The lowest BCUT2D eigenvalue weighted by Gasteiger charge is -2.12. The first-order valence-corrected chi connectivity index (χ1v) is 6.92. The Hall–Kier alpha value is -2.13. The summed E-state index contributed by atoms with van der Waals surface area (Å²) in [4.78, 5) is 11.9. The molecule has 2 rings (SSSR count). The summed E-state index contributed by atoms with van der Waals surface area (Å²) in [5.74, 6) is -0.525. The number of nitrogens with one attached hydrogen (secondary N) is 1. The maximum atomic E-state index is 12.8. The number of rotatable bonds is 4. The predicted molar refractivity (Wildman–Crippen MR) is 83.4 cm³/mol. The van der Waals surface area contributed by atoms with Gasteiger partial charge in [-0.1, -0.05) is 41.9 Å². The lowest BCUT2D eigenvalue weighted by Crippen LogP contribution is -2.24. The molecule has 0 heterocycles. The molecule has 0 unspecified atom stereocenters. The Balaban J connectivity index is 1.98. The minimum absolute atomic E-state index is 0.200. The van der Waals surface area contributed by atoms with Crippen molar-refractivity contribution >= 4 is 23.6 Å². The maximum Gasteiger partial charge on any atom is 0.244 e. The SMILES string of the molecule is C[C@@H](NC(=O)/C=C/c1ccccc1Cl)c1ccc(F)cc1. The predicted octanol–water partition coefficient (Wildman–Crippen LogP) is 4.37. The molecule has 0 aromatic heterocycles. The molecule has 0 radical (unpaired) electrons. The molecule has 2 aromatic carbocycles. The van der Waals surface area contributed by atoms with Crippen LogP contribution in [0.25, 0.3) is 6.08 Å². The molecule has 1 N–H and O–H groups in total. The van der Waals surface area contributed by atoms with E-state index in [1.54, 1.807) is 24.3 Å². The van der Waals surface area contributed by atoms with Crippen LogP contribution in [0.4, 0.5) is 4.39 Å². The quantitative estimate of drug-likeness (QED) is 0.835. The summed E-state index contributed by atoms with van der Waals surface area (Å²) in [5.41, 5.74) is 1.62. The fourth-order valence-electron chi connectivity index (χ4n) is 1.87. The summed E-state index contributed by atoms with van der Waals surface area (Å²) in [6.07, 6.45) is 3.09. The van der Waals surface area contributed by atoms with Crippen molar-refractivity contribution < 1.29 is 9.18 Å². The largest absolute Gasteiger partial charge is 0.346 e. The van der Waals surface area contributed by atoms with E-state index in [1.807, 2.05) is 25.1 Å². The molecule has 108 valence electrons. The van der Waals surface area contributed by atoms with Gasteiger partial charge in [0, 0.05) is 11.1 Å². The van der Waals surface area contributed by atoms with E-state index in [1.165, 1.54) is 18.2 Å². The van der Waals surface area contributed by atoms with Crippen LogP contribution >= 0.6 is 11.6 Å². The Morgan fingerprint density at radius 2 is 1.86 bits per heavy atom. The van der Waals surface area contributed by atoms with Crippen molar-refractivity contribution in [3.8, 4) is 0 Å². The first-order valence-electron chi connectivity index (χ1n) is 6.55. The Morgan fingerprint density at radius 3 is 2.52 bits per heavy atom. The summed E-state index contributed by atoms with van der Waals surface area (Å²) in [6.45, 7) is 1.84. The molecule has 1 atom stereocenters. The van der Waals surface area contributed by atoms with Gasteiger partial charge in [0.1, 0.15) is 5.82 Å². The van der Waals surface area contributed by atoms with E-state index in [4.69, 9.17) is 11.6 Å². The highest BCUT2D eigenvalue weighted by molar-refractivity contribution is 6.32. The zero-order chi connectivity index (χ0) is 15.2. The van der Waals surface area contributed by atoms with Gasteiger partial charge in [0.25, 0.3) is 0 Å². The van der Waals surface area contributed by atoms with Gasteiger partial charge < -0.3 is 5.32 Å². The van der Waals surface area contributed by atoms with Crippen LogP contribution in [-0.2, 0) is 4.79 Å². The van der Waals surface area contributed by atoms with Gasteiger partial charge in [-0.05, 0) is 42.3 Å². The second-order valence-corrected chi connectivity index (χ2v) is 5.04. The molecule has 21 heavy (non-hydrogen) atoms. The van der Waals surface area contributed by atoms with Gasteiger partial charge in [-0.25, -0.2) is 4.39 Å². The molecule has 0 bridgehead atoms. The maximum absolute atomic E-state index is 12.8. The molecular weight excluding hydrogens is 289 g/mol. The van der Waals surface area contributed by atoms with E-state index in [0.29, 0.717) is 5.02 Å². The van der Waals surface area contributed by atoms with Crippen LogP contribution in [-0.4, -0.2) is 5.91 Å². The van der Waals surface area contributed by atoms with E-state index in [0.717, 1.165) is 11.1 Å². The molecule has 4 heteroatoms. The summed E-state index contributed by atoms with van der Waals surface area (Å²) >= 11 is 6.01. The molecule has 2 aromatic rings. The Kier molecular flexibility index (Phi) is 5.12. The highest BCUT2D eigenvalue weighted by Crippen LogP contribution is 2.16. The zero-order valence-electron chi connectivity index (χ0n) is 11.5. The molecule has 0 fully saturated rings. The van der Waals surface area contributed by atoms with Gasteiger partial charge in [0.2, 0.25) is 5.91 Å². The second kappa shape index (κ2) is 7.04. The number of amides is 1. The summed E-state index contributed by atoms with van der Waals surface area (Å²) < 4.78 is 12.8. The van der Waals surface area contributed by atoms with Gasteiger partial charge in [-0.2, -0.15) is 0 Å². The normalized spacial score (nSPS) is 12.3. The van der Waals surface area contributed by atoms with E-state index < -0.39 is 0 Å². The third-order valence-corrected chi connectivity index (χ3v) is 3.39. The summed E-state index contributed by atoms with van der Waals surface area (Å²) in [5, 5.41) is 3.40. The first-order chi connectivity index (χ1) is 10.1. The van der Waals surface area contributed by atoms with E-state index in [9.17, 15) is 9.18 Å². The monoisotopic (exact) mass is 303 g/mol. The van der Waals surface area contributed by atoms with E-state index >= 15 is 0 Å². The average Bonchev–Trinajstić information content (AvgIpc) is 2.47. The number of hydrogen-bond acceptors (Lipinski definition) is 1. The van der Waals surface area contributed by atoms with E-state index in [-0.39, 0.29) is 17.8 Å². The molecule has 0 aliphatic rings. The molecule has 0 aliphatic heterocycles. The highest BCUT2D eigenvalue weighted by Gasteiger charge is 2.07. The minimum atomic E-state index is -0.295. The summed E-state index contributed by atoms with van der Waals surface area (Å²) in [7, 11) is 0. The number of carbonyl (C=O) groups is 1. The van der Waals surface area contributed by atoms with E-state index in [2.05, 4.69) is 5.32 Å². The molecule has 0 saturated heterocycles. The topological polar surface area (TPSA) is 29.1 Å². The van der Waals surface area contributed by atoms with Gasteiger partial charge in [-0.15, -0.1) is 0 Å². The Bertz CT molecular complexity index is 652. The Morgan fingerprint density at radius 1 is 1.19 bits per heavy atom. The standard InChI is InChI=1S/C17H15ClFNO/c1-12(13-6-9-15(19)10-7-13)20-17(21)11-8-14-4-2-3-5-16(14)18/h2-12H,1H3,(H,20,21)/b11-8+/t12-/m1/s1. The van der Waals surface area contributed by atoms with Crippen molar-refractivity contribution in [2.24, 2.45) is 0 Å². The van der Waals surface area contributed by atoms with Gasteiger partial charge in [-0.3, -0.25) is 4.79 Å².